The summed E-state index contributed by atoms with van der Waals surface area (Å²) in [7, 11) is 0. The Labute approximate surface area is 158 Å². The molecule has 1 fully saturated rings. The van der Waals surface area contributed by atoms with E-state index in [9.17, 15) is 9.59 Å². The van der Waals surface area contributed by atoms with E-state index < -0.39 is 17.4 Å². The molecule has 0 radical (unpaired) electrons. The van der Waals surface area contributed by atoms with E-state index in [1.165, 1.54) is 0 Å². The van der Waals surface area contributed by atoms with Crippen molar-refractivity contribution in [2.45, 2.75) is 38.2 Å². The normalized spacial score (nSPS) is 15.3. The molecular weight excluding hydrogens is 344 g/mol. The Bertz CT molecular complexity index is 786. The van der Waals surface area contributed by atoms with Crippen LogP contribution in [0.1, 0.15) is 32.3 Å². The zero-order chi connectivity index (χ0) is 19.3. The predicted molar refractivity (Wildman–Crippen MR) is 101 cm³/mol. The first-order valence-electron chi connectivity index (χ1n) is 9.10. The maximum atomic E-state index is 12.5. The lowest BCUT2D eigenvalue weighted by atomic mass is 9.95. The number of hydrazine groups is 1. The molecular formula is C21H24N2O4. The summed E-state index contributed by atoms with van der Waals surface area (Å²) in [6.07, 6.45) is 0.795. The lowest BCUT2D eigenvalue weighted by Crippen LogP contribution is -2.50. The third kappa shape index (κ3) is 4.39. The Hall–Kier alpha value is -3.02. The van der Waals surface area contributed by atoms with Crippen LogP contribution in [0.5, 0.6) is 11.5 Å². The molecule has 1 aliphatic carbocycles. The standard InChI is InChI=1S/C21H24N2O4/c1-3-26-17-9-11-18(12-10-17)27-15(2)19(24)22-23-20(25)21(13-14-21)16-7-5-4-6-8-16/h4-12,15H,3,13-14H2,1-2H3,(H,22,24)(H,23,25). The zero-order valence-electron chi connectivity index (χ0n) is 15.5. The average molecular weight is 368 g/mol. The largest absolute Gasteiger partial charge is 0.494 e. The van der Waals surface area contributed by atoms with Gasteiger partial charge in [0.25, 0.3) is 5.91 Å². The molecule has 0 spiro atoms. The van der Waals surface area contributed by atoms with E-state index in [1.807, 2.05) is 37.3 Å². The topological polar surface area (TPSA) is 76.7 Å². The molecule has 0 heterocycles. The Morgan fingerprint density at radius 3 is 2.22 bits per heavy atom. The van der Waals surface area contributed by atoms with Crippen LogP contribution < -0.4 is 20.3 Å². The van der Waals surface area contributed by atoms with Crippen LogP contribution in [0.2, 0.25) is 0 Å². The van der Waals surface area contributed by atoms with Crippen LogP contribution in [-0.2, 0) is 15.0 Å². The lowest BCUT2D eigenvalue weighted by molar-refractivity contribution is -0.133. The minimum atomic E-state index is -0.755. The molecule has 3 rings (SSSR count). The summed E-state index contributed by atoms with van der Waals surface area (Å²) in [6, 6.07) is 16.6. The lowest BCUT2D eigenvalue weighted by Gasteiger charge is -2.18. The number of ether oxygens (including phenoxy) is 2. The number of hydrogen-bond donors (Lipinski definition) is 2. The van der Waals surface area contributed by atoms with E-state index in [0.717, 1.165) is 24.2 Å². The van der Waals surface area contributed by atoms with Crippen LogP contribution in [-0.4, -0.2) is 24.5 Å². The summed E-state index contributed by atoms with van der Waals surface area (Å²) < 4.78 is 11.0. The van der Waals surface area contributed by atoms with E-state index in [1.54, 1.807) is 31.2 Å². The van der Waals surface area contributed by atoms with Crippen LogP contribution in [0.25, 0.3) is 0 Å². The van der Waals surface area contributed by atoms with Gasteiger partial charge in [0.2, 0.25) is 5.91 Å². The fraction of sp³-hybridized carbons (Fsp3) is 0.333. The summed E-state index contributed by atoms with van der Waals surface area (Å²) in [5, 5.41) is 0. The van der Waals surface area contributed by atoms with E-state index >= 15 is 0 Å². The van der Waals surface area contributed by atoms with Crippen molar-refractivity contribution in [2.24, 2.45) is 0 Å². The van der Waals surface area contributed by atoms with Gasteiger partial charge in [0, 0.05) is 0 Å². The van der Waals surface area contributed by atoms with Gasteiger partial charge in [-0.05, 0) is 56.5 Å². The van der Waals surface area contributed by atoms with Gasteiger partial charge in [-0.3, -0.25) is 20.4 Å². The highest BCUT2D eigenvalue weighted by atomic mass is 16.5. The van der Waals surface area contributed by atoms with Gasteiger partial charge < -0.3 is 9.47 Å². The quantitative estimate of drug-likeness (QED) is 0.737. The van der Waals surface area contributed by atoms with Crippen molar-refractivity contribution in [1.29, 1.82) is 0 Å². The second-order valence-corrected chi connectivity index (χ2v) is 6.56. The molecule has 1 atom stereocenters. The van der Waals surface area contributed by atoms with Gasteiger partial charge in [-0.2, -0.15) is 0 Å². The molecule has 0 aliphatic heterocycles. The maximum absolute atomic E-state index is 12.5. The van der Waals surface area contributed by atoms with Gasteiger partial charge >= 0.3 is 0 Å². The van der Waals surface area contributed by atoms with Crippen molar-refractivity contribution in [2.75, 3.05) is 6.61 Å². The Kier molecular flexibility index (Phi) is 5.64. The molecule has 2 aromatic rings. The van der Waals surface area contributed by atoms with Crippen molar-refractivity contribution in [1.82, 2.24) is 10.9 Å². The number of nitrogens with one attached hydrogen (secondary N) is 2. The second-order valence-electron chi connectivity index (χ2n) is 6.56. The molecule has 2 N–H and O–H groups in total. The van der Waals surface area contributed by atoms with Gasteiger partial charge in [-0.15, -0.1) is 0 Å². The average Bonchev–Trinajstić information content (AvgIpc) is 3.50. The van der Waals surface area contributed by atoms with E-state index in [4.69, 9.17) is 9.47 Å². The summed E-state index contributed by atoms with van der Waals surface area (Å²) >= 11 is 0. The molecule has 2 amide bonds. The number of carbonyl (C=O) groups excluding carboxylic acids is 2. The van der Waals surface area contributed by atoms with Gasteiger partial charge in [0.1, 0.15) is 11.5 Å². The molecule has 1 unspecified atom stereocenters. The predicted octanol–water partition coefficient (Wildman–Crippen LogP) is 2.73. The summed E-state index contributed by atoms with van der Waals surface area (Å²) in [5.41, 5.74) is 5.43. The van der Waals surface area contributed by atoms with Gasteiger partial charge in [0.15, 0.2) is 6.10 Å². The van der Waals surface area contributed by atoms with Gasteiger partial charge in [-0.1, -0.05) is 30.3 Å². The van der Waals surface area contributed by atoms with Crippen LogP contribution in [0.4, 0.5) is 0 Å². The molecule has 1 saturated carbocycles. The first-order valence-corrected chi connectivity index (χ1v) is 9.10. The molecule has 0 saturated heterocycles. The molecule has 1 aliphatic rings. The third-order valence-corrected chi connectivity index (χ3v) is 4.63. The van der Waals surface area contributed by atoms with Crippen molar-refractivity contribution < 1.29 is 19.1 Å². The number of rotatable bonds is 7. The second kappa shape index (κ2) is 8.12. The number of benzene rings is 2. The molecule has 6 nitrogen and oxygen atoms in total. The van der Waals surface area contributed by atoms with E-state index in [-0.39, 0.29) is 5.91 Å². The molecule has 6 heteroatoms. The summed E-state index contributed by atoms with van der Waals surface area (Å²) in [4.78, 5) is 24.8. The van der Waals surface area contributed by atoms with Crippen molar-refractivity contribution in [3.63, 3.8) is 0 Å². The van der Waals surface area contributed by atoms with Gasteiger partial charge in [-0.25, -0.2) is 0 Å². The smallest absolute Gasteiger partial charge is 0.279 e. The highest BCUT2D eigenvalue weighted by molar-refractivity contribution is 5.93. The van der Waals surface area contributed by atoms with Crippen molar-refractivity contribution in [3.8, 4) is 11.5 Å². The van der Waals surface area contributed by atoms with Crippen LogP contribution in [0, 0.1) is 0 Å². The Morgan fingerprint density at radius 1 is 1.00 bits per heavy atom. The Morgan fingerprint density at radius 2 is 1.63 bits per heavy atom. The molecule has 0 aromatic heterocycles. The van der Waals surface area contributed by atoms with Crippen LogP contribution in [0.15, 0.2) is 54.6 Å². The molecule has 142 valence electrons. The van der Waals surface area contributed by atoms with Crippen LogP contribution >= 0.6 is 0 Å². The summed E-state index contributed by atoms with van der Waals surface area (Å²) in [5.74, 6) is 0.677. The first kappa shape index (κ1) is 18.8. The van der Waals surface area contributed by atoms with Crippen molar-refractivity contribution >= 4 is 11.8 Å². The minimum absolute atomic E-state index is 0.199. The monoisotopic (exact) mass is 368 g/mol. The summed E-state index contributed by atoms with van der Waals surface area (Å²) in [6.45, 7) is 4.12. The van der Waals surface area contributed by atoms with Crippen molar-refractivity contribution in [3.05, 3.63) is 60.2 Å². The highest BCUT2D eigenvalue weighted by Gasteiger charge is 2.51. The minimum Gasteiger partial charge on any atom is -0.494 e. The number of carbonyl (C=O) groups is 2. The number of amides is 2. The first-order chi connectivity index (χ1) is 13.0. The zero-order valence-corrected chi connectivity index (χ0v) is 15.5. The third-order valence-electron chi connectivity index (χ3n) is 4.63. The maximum Gasteiger partial charge on any atom is 0.279 e. The highest BCUT2D eigenvalue weighted by Crippen LogP contribution is 2.48. The Balaban J connectivity index is 1.50. The molecule has 0 bridgehead atoms. The number of hydrogen-bond acceptors (Lipinski definition) is 4. The molecule has 27 heavy (non-hydrogen) atoms. The SMILES string of the molecule is CCOc1ccc(OC(C)C(=O)NNC(=O)C2(c3ccccc3)CC2)cc1. The molecule has 2 aromatic carbocycles. The van der Waals surface area contributed by atoms with E-state index in [0.29, 0.717) is 12.4 Å². The fourth-order valence-electron chi connectivity index (χ4n) is 2.91. The van der Waals surface area contributed by atoms with Crippen LogP contribution in [0.3, 0.4) is 0 Å². The van der Waals surface area contributed by atoms with Gasteiger partial charge in [0.05, 0.1) is 12.0 Å². The van der Waals surface area contributed by atoms with E-state index in [2.05, 4.69) is 10.9 Å². The fourth-order valence-corrected chi connectivity index (χ4v) is 2.91.